The largest absolute Gasteiger partial charge is 0.487 e. The Morgan fingerprint density at radius 1 is 1.15 bits per heavy atom. The van der Waals surface area contributed by atoms with Gasteiger partial charge in [0, 0.05) is 6.42 Å². The zero-order valence-electron chi connectivity index (χ0n) is 12.1. The first-order valence-electron chi connectivity index (χ1n) is 6.98. The normalized spacial score (nSPS) is 17.4. The van der Waals surface area contributed by atoms with Crippen LogP contribution in [0.1, 0.15) is 41.5 Å². The molecule has 1 aliphatic rings. The number of aryl methyl sites for hydroxylation is 1. The van der Waals surface area contributed by atoms with Gasteiger partial charge in [0.1, 0.15) is 11.4 Å². The molecule has 20 heavy (non-hydrogen) atoms. The summed E-state index contributed by atoms with van der Waals surface area (Å²) in [7, 11) is 0. The second-order valence-electron chi connectivity index (χ2n) is 6.12. The van der Waals surface area contributed by atoms with E-state index in [9.17, 15) is 0 Å². The zero-order valence-corrected chi connectivity index (χ0v) is 12.9. The summed E-state index contributed by atoms with van der Waals surface area (Å²) in [5.74, 6) is 0.993. The molecule has 2 aromatic rings. The van der Waals surface area contributed by atoms with Crippen molar-refractivity contribution in [2.24, 2.45) is 0 Å². The molecule has 0 bridgehead atoms. The van der Waals surface area contributed by atoms with E-state index >= 15 is 0 Å². The molecule has 0 N–H and O–H groups in total. The van der Waals surface area contributed by atoms with E-state index in [1.54, 1.807) is 0 Å². The smallest absolute Gasteiger partial charge is 0.123 e. The maximum Gasteiger partial charge on any atom is 0.123 e. The monoisotopic (exact) mass is 286 g/mol. The van der Waals surface area contributed by atoms with Crippen LogP contribution in [0.5, 0.6) is 5.75 Å². The lowest BCUT2D eigenvalue weighted by atomic mass is 9.96. The van der Waals surface area contributed by atoms with Gasteiger partial charge in [-0.25, -0.2) is 0 Å². The number of fused-ring (bicyclic) bond motifs is 1. The third-order valence-corrected chi connectivity index (χ3v) is 4.33. The third-order valence-electron chi connectivity index (χ3n) is 3.84. The van der Waals surface area contributed by atoms with Gasteiger partial charge in [0.15, 0.2) is 0 Å². The molecule has 104 valence electrons. The number of ether oxygens (including phenoxy) is 1. The minimum absolute atomic E-state index is 0.106. The predicted octanol–water partition coefficient (Wildman–Crippen LogP) is 5.04. The van der Waals surface area contributed by atoms with Crippen LogP contribution in [0.25, 0.3) is 0 Å². The lowest BCUT2D eigenvalue weighted by molar-refractivity contribution is 0.138. The topological polar surface area (TPSA) is 9.23 Å². The van der Waals surface area contributed by atoms with Crippen molar-refractivity contribution in [3.05, 3.63) is 64.7 Å². The van der Waals surface area contributed by atoms with Gasteiger partial charge in [-0.05, 0) is 49.1 Å². The quantitative estimate of drug-likeness (QED) is 0.703. The van der Waals surface area contributed by atoms with E-state index in [1.807, 2.05) is 18.2 Å². The Morgan fingerprint density at radius 3 is 2.65 bits per heavy atom. The van der Waals surface area contributed by atoms with Crippen LogP contribution in [-0.2, 0) is 6.42 Å². The van der Waals surface area contributed by atoms with Gasteiger partial charge < -0.3 is 4.74 Å². The highest BCUT2D eigenvalue weighted by molar-refractivity contribution is 6.22. The summed E-state index contributed by atoms with van der Waals surface area (Å²) in [5.41, 5.74) is 4.69. The second-order valence-corrected chi connectivity index (χ2v) is 6.56. The summed E-state index contributed by atoms with van der Waals surface area (Å²) >= 11 is 6.67. The second kappa shape index (κ2) is 4.82. The highest BCUT2D eigenvalue weighted by Crippen LogP contribution is 2.39. The Bertz CT molecular complexity index is 646. The minimum Gasteiger partial charge on any atom is -0.487 e. The van der Waals surface area contributed by atoms with Crippen LogP contribution in [0.3, 0.4) is 0 Å². The molecule has 3 rings (SSSR count). The van der Waals surface area contributed by atoms with Crippen molar-refractivity contribution in [1.82, 2.24) is 0 Å². The molecule has 1 heterocycles. The van der Waals surface area contributed by atoms with Crippen LogP contribution in [0.4, 0.5) is 0 Å². The molecule has 1 atom stereocenters. The molecule has 2 aromatic carbocycles. The fourth-order valence-electron chi connectivity index (χ4n) is 2.84. The van der Waals surface area contributed by atoms with Gasteiger partial charge in [-0.1, -0.05) is 36.4 Å². The minimum atomic E-state index is -0.106. The first kappa shape index (κ1) is 13.5. The number of hydrogen-bond donors (Lipinski definition) is 0. The average Bonchev–Trinajstić information content (AvgIpc) is 2.71. The van der Waals surface area contributed by atoms with Crippen molar-refractivity contribution in [3.63, 3.8) is 0 Å². The van der Waals surface area contributed by atoms with Crippen LogP contribution in [-0.4, -0.2) is 5.60 Å². The Hall–Kier alpha value is -1.47. The van der Waals surface area contributed by atoms with Crippen LogP contribution in [0.2, 0.25) is 0 Å². The van der Waals surface area contributed by atoms with Crippen LogP contribution >= 0.6 is 11.6 Å². The van der Waals surface area contributed by atoms with E-state index in [0.717, 1.165) is 17.7 Å². The van der Waals surface area contributed by atoms with E-state index in [2.05, 4.69) is 45.0 Å². The number of alkyl halides is 1. The predicted molar refractivity (Wildman–Crippen MR) is 83.7 cm³/mol. The van der Waals surface area contributed by atoms with E-state index in [-0.39, 0.29) is 11.0 Å². The summed E-state index contributed by atoms with van der Waals surface area (Å²) in [6, 6.07) is 14.6. The molecule has 1 nitrogen and oxygen atoms in total. The Kier molecular flexibility index (Phi) is 3.25. The van der Waals surface area contributed by atoms with Crippen molar-refractivity contribution in [2.75, 3.05) is 0 Å². The van der Waals surface area contributed by atoms with Crippen LogP contribution in [0.15, 0.2) is 42.5 Å². The average molecular weight is 287 g/mol. The fraction of sp³-hybridized carbons (Fsp3) is 0.333. The van der Waals surface area contributed by atoms with Crippen molar-refractivity contribution in [2.45, 2.75) is 38.2 Å². The number of halogens is 1. The van der Waals surface area contributed by atoms with Crippen LogP contribution < -0.4 is 4.74 Å². The molecule has 0 aromatic heterocycles. The van der Waals surface area contributed by atoms with Gasteiger partial charge in [-0.15, -0.1) is 11.6 Å². The molecule has 0 saturated carbocycles. The summed E-state index contributed by atoms with van der Waals surface area (Å²) in [4.78, 5) is 0. The molecular weight excluding hydrogens is 268 g/mol. The summed E-state index contributed by atoms with van der Waals surface area (Å²) in [6.07, 6.45) is 0.938. The van der Waals surface area contributed by atoms with Gasteiger partial charge in [0.05, 0.1) is 5.38 Å². The fourth-order valence-corrected chi connectivity index (χ4v) is 3.22. The molecule has 0 radical (unpaired) electrons. The molecule has 0 saturated heterocycles. The van der Waals surface area contributed by atoms with Gasteiger partial charge in [-0.3, -0.25) is 0 Å². The van der Waals surface area contributed by atoms with Crippen molar-refractivity contribution >= 4 is 11.6 Å². The number of hydrogen-bond acceptors (Lipinski definition) is 1. The molecule has 2 heteroatoms. The standard InChI is InChI=1S/C18H19ClO/c1-12-6-4-5-7-15(12)17(19)13-8-9-16-14(10-13)11-18(2,3)20-16/h4-10,17H,11H2,1-3H3. The summed E-state index contributed by atoms with van der Waals surface area (Å²) in [6.45, 7) is 6.34. The third kappa shape index (κ3) is 2.43. The molecule has 0 aliphatic carbocycles. The SMILES string of the molecule is Cc1ccccc1C(Cl)c1ccc2c(c1)CC(C)(C)O2. The molecular formula is C18H19ClO. The van der Waals surface area contributed by atoms with E-state index in [0.29, 0.717) is 0 Å². The summed E-state index contributed by atoms with van der Waals surface area (Å²) in [5, 5.41) is -0.106. The summed E-state index contributed by atoms with van der Waals surface area (Å²) < 4.78 is 5.92. The van der Waals surface area contributed by atoms with E-state index in [4.69, 9.17) is 16.3 Å². The number of rotatable bonds is 2. The van der Waals surface area contributed by atoms with Gasteiger partial charge >= 0.3 is 0 Å². The van der Waals surface area contributed by atoms with Gasteiger partial charge in [-0.2, -0.15) is 0 Å². The lowest BCUT2D eigenvalue weighted by Gasteiger charge is -2.16. The zero-order chi connectivity index (χ0) is 14.3. The maximum atomic E-state index is 6.67. The highest BCUT2D eigenvalue weighted by Gasteiger charge is 2.30. The van der Waals surface area contributed by atoms with Crippen molar-refractivity contribution in [1.29, 1.82) is 0 Å². The Balaban J connectivity index is 1.95. The first-order valence-corrected chi connectivity index (χ1v) is 7.41. The van der Waals surface area contributed by atoms with Crippen molar-refractivity contribution < 1.29 is 4.74 Å². The van der Waals surface area contributed by atoms with E-state index in [1.165, 1.54) is 16.7 Å². The molecule has 0 fully saturated rings. The van der Waals surface area contributed by atoms with Crippen molar-refractivity contribution in [3.8, 4) is 5.75 Å². The van der Waals surface area contributed by atoms with Gasteiger partial charge in [0.2, 0.25) is 0 Å². The van der Waals surface area contributed by atoms with Gasteiger partial charge in [0.25, 0.3) is 0 Å². The Labute approximate surface area is 125 Å². The molecule has 1 aliphatic heterocycles. The van der Waals surface area contributed by atoms with Crippen LogP contribution in [0, 0.1) is 6.92 Å². The molecule has 1 unspecified atom stereocenters. The van der Waals surface area contributed by atoms with E-state index < -0.39 is 0 Å². The molecule has 0 amide bonds. The Morgan fingerprint density at radius 2 is 1.90 bits per heavy atom. The maximum absolute atomic E-state index is 6.67. The molecule has 0 spiro atoms. The highest BCUT2D eigenvalue weighted by atomic mass is 35.5. The lowest BCUT2D eigenvalue weighted by Crippen LogP contribution is -2.24. The first-order chi connectivity index (χ1) is 9.46. The number of benzene rings is 2.